The second-order valence-electron chi connectivity index (χ2n) is 3.46. The molecule has 0 fully saturated rings. The van der Waals surface area contributed by atoms with Crippen molar-refractivity contribution in [3.8, 4) is 0 Å². The summed E-state index contributed by atoms with van der Waals surface area (Å²) in [6.07, 6.45) is 0.681. The number of carboxylic acid groups (broad SMARTS) is 1. The number of fused-ring (bicyclic) bond motifs is 1. The minimum Gasteiger partial charge on any atom is -0.548 e. The van der Waals surface area contributed by atoms with Crippen molar-refractivity contribution in [1.29, 1.82) is 0 Å². The van der Waals surface area contributed by atoms with Crippen LogP contribution in [0.5, 0.6) is 0 Å². The maximum atomic E-state index is 11.2. The molecule has 0 spiro atoms. The number of hydrogen-bond acceptors (Lipinski definition) is 6. The van der Waals surface area contributed by atoms with Crippen LogP contribution in [0.1, 0.15) is 6.42 Å². The number of hydrogen-bond donors (Lipinski definition) is 1. The zero-order valence-electron chi connectivity index (χ0n) is 8.91. The van der Waals surface area contributed by atoms with Gasteiger partial charge in [0.25, 0.3) is 10.9 Å². The van der Waals surface area contributed by atoms with Gasteiger partial charge in [-0.05, 0) is 6.42 Å². The topological polar surface area (TPSA) is 89.5 Å². The summed E-state index contributed by atoms with van der Waals surface area (Å²) in [7, 11) is 0. The van der Waals surface area contributed by atoms with Crippen molar-refractivity contribution in [2.45, 2.75) is 6.42 Å². The fraction of sp³-hybridized carbons (Fsp3) is 0.444. The van der Waals surface area contributed by atoms with Gasteiger partial charge >= 0.3 is 29.6 Å². The number of carbonyl (C=O) groups is 1. The summed E-state index contributed by atoms with van der Waals surface area (Å²) in [4.78, 5) is 34.2. The van der Waals surface area contributed by atoms with Crippen molar-refractivity contribution in [3.63, 3.8) is 0 Å². The minimum absolute atomic E-state index is 0. The van der Waals surface area contributed by atoms with Gasteiger partial charge in [-0.1, -0.05) is 0 Å². The standard InChI is InChI=1S/C9H10N2O4.Na/c12-5(13)4-11-3-1-2-10-6-7(11)9(15)8(6)14;/h10H,1-4H2,(H,12,13);/q;+1/p-1. The molecule has 16 heavy (non-hydrogen) atoms. The van der Waals surface area contributed by atoms with Gasteiger partial charge in [0, 0.05) is 13.1 Å². The molecule has 7 heteroatoms. The van der Waals surface area contributed by atoms with Gasteiger partial charge in [-0.15, -0.1) is 0 Å². The molecule has 0 aromatic heterocycles. The number of anilines is 2. The average molecular weight is 232 g/mol. The summed E-state index contributed by atoms with van der Waals surface area (Å²) in [5, 5.41) is 13.3. The molecule has 0 amide bonds. The first-order valence-corrected chi connectivity index (χ1v) is 4.63. The van der Waals surface area contributed by atoms with E-state index in [9.17, 15) is 19.5 Å². The summed E-state index contributed by atoms with van der Waals surface area (Å²) in [5.41, 5.74) is -0.726. The number of carboxylic acids is 1. The largest absolute Gasteiger partial charge is 1.00 e. The van der Waals surface area contributed by atoms with Crippen LogP contribution in [-0.2, 0) is 4.79 Å². The van der Waals surface area contributed by atoms with E-state index in [2.05, 4.69) is 5.32 Å². The number of nitrogens with zero attached hydrogens (tertiary/aromatic N) is 1. The number of aliphatic carboxylic acids is 1. The minimum atomic E-state index is -1.25. The molecule has 1 heterocycles. The first-order chi connectivity index (χ1) is 7.11. The quantitative estimate of drug-likeness (QED) is 0.404. The first kappa shape index (κ1) is 13.2. The summed E-state index contributed by atoms with van der Waals surface area (Å²) >= 11 is 0. The second-order valence-corrected chi connectivity index (χ2v) is 3.46. The molecule has 6 nitrogen and oxygen atoms in total. The van der Waals surface area contributed by atoms with E-state index < -0.39 is 16.8 Å². The van der Waals surface area contributed by atoms with E-state index >= 15 is 0 Å². The zero-order valence-corrected chi connectivity index (χ0v) is 10.9. The summed E-state index contributed by atoms with van der Waals surface area (Å²) in [6.45, 7) is 0.666. The Morgan fingerprint density at radius 3 is 2.69 bits per heavy atom. The third kappa shape index (κ3) is 2.14. The Hall–Kier alpha value is -0.850. The van der Waals surface area contributed by atoms with Crippen molar-refractivity contribution in [3.05, 3.63) is 20.4 Å². The molecule has 1 aliphatic heterocycles. The molecular weight excluding hydrogens is 223 g/mol. The van der Waals surface area contributed by atoms with Crippen LogP contribution < -0.4 is 55.7 Å². The van der Waals surface area contributed by atoms with Crippen LogP contribution in [0.25, 0.3) is 0 Å². The van der Waals surface area contributed by atoms with Gasteiger partial charge in [-0.25, -0.2) is 0 Å². The molecule has 2 rings (SSSR count). The first-order valence-electron chi connectivity index (χ1n) is 4.63. The van der Waals surface area contributed by atoms with Gasteiger partial charge in [0.05, 0.1) is 12.5 Å². The predicted octanol–water partition coefficient (Wildman–Crippen LogP) is -5.34. The van der Waals surface area contributed by atoms with Gasteiger partial charge in [0.15, 0.2) is 0 Å². The van der Waals surface area contributed by atoms with Crippen molar-refractivity contribution in [2.75, 3.05) is 29.9 Å². The Bertz CT molecular complexity index is 478. The smallest absolute Gasteiger partial charge is 0.548 e. The molecule has 1 N–H and O–H groups in total. The van der Waals surface area contributed by atoms with Crippen LogP contribution in [0.15, 0.2) is 9.59 Å². The fourth-order valence-electron chi connectivity index (χ4n) is 1.75. The van der Waals surface area contributed by atoms with E-state index in [-0.39, 0.29) is 47.5 Å². The van der Waals surface area contributed by atoms with Crippen molar-refractivity contribution >= 4 is 17.3 Å². The molecule has 80 valence electrons. The van der Waals surface area contributed by atoms with E-state index in [1.807, 2.05) is 0 Å². The van der Waals surface area contributed by atoms with Crippen molar-refractivity contribution in [1.82, 2.24) is 0 Å². The van der Waals surface area contributed by atoms with Crippen LogP contribution in [-0.4, -0.2) is 25.6 Å². The van der Waals surface area contributed by atoms with E-state index in [1.165, 1.54) is 4.90 Å². The molecule has 0 bridgehead atoms. The predicted molar refractivity (Wildman–Crippen MR) is 51.7 cm³/mol. The normalized spacial score (nSPS) is 14.6. The molecule has 1 aromatic carbocycles. The average Bonchev–Trinajstić information content (AvgIpc) is 2.36. The molecule has 0 saturated heterocycles. The van der Waals surface area contributed by atoms with E-state index in [0.717, 1.165) is 0 Å². The van der Waals surface area contributed by atoms with E-state index in [1.54, 1.807) is 0 Å². The van der Waals surface area contributed by atoms with Gasteiger partial charge in [0.2, 0.25) is 0 Å². The van der Waals surface area contributed by atoms with Crippen molar-refractivity contribution in [2.24, 2.45) is 0 Å². The van der Waals surface area contributed by atoms with Crippen LogP contribution >= 0.6 is 0 Å². The zero-order chi connectivity index (χ0) is 11.0. The molecule has 0 radical (unpaired) electrons. The van der Waals surface area contributed by atoms with Crippen molar-refractivity contribution < 1.29 is 39.5 Å². The molecule has 1 aliphatic rings. The van der Waals surface area contributed by atoms with Gasteiger partial charge in [0.1, 0.15) is 11.4 Å². The van der Waals surface area contributed by atoms with Gasteiger partial charge in [-0.2, -0.15) is 0 Å². The maximum Gasteiger partial charge on any atom is 1.00 e. The summed E-state index contributed by atoms with van der Waals surface area (Å²) < 4.78 is 0. The molecular formula is C9H9N2NaO4. The monoisotopic (exact) mass is 232 g/mol. The Balaban J connectivity index is 0.00000128. The van der Waals surface area contributed by atoms with Crippen LogP contribution in [0.2, 0.25) is 0 Å². The maximum absolute atomic E-state index is 11.2. The van der Waals surface area contributed by atoms with Crippen LogP contribution in [0, 0.1) is 0 Å². The molecule has 0 unspecified atom stereocenters. The molecule has 0 aliphatic carbocycles. The number of carbonyl (C=O) groups excluding carboxylic acids is 1. The number of nitrogens with one attached hydrogen (secondary N) is 1. The number of rotatable bonds is 2. The Morgan fingerprint density at radius 2 is 2.06 bits per heavy atom. The Morgan fingerprint density at radius 1 is 1.38 bits per heavy atom. The third-order valence-electron chi connectivity index (χ3n) is 2.43. The Kier molecular flexibility index (Phi) is 4.12. The van der Waals surface area contributed by atoms with Crippen LogP contribution in [0.4, 0.5) is 11.4 Å². The SMILES string of the molecule is O=C([O-])CN1CCCNc2c1c(=O)c2=O.[Na+]. The van der Waals surface area contributed by atoms with Crippen LogP contribution in [0.3, 0.4) is 0 Å². The fourth-order valence-corrected chi connectivity index (χ4v) is 1.75. The molecule has 0 saturated carbocycles. The van der Waals surface area contributed by atoms with Gasteiger partial charge in [-0.3, -0.25) is 9.59 Å². The van der Waals surface area contributed by atoms with E-state index in [0.29, 0.717) is 19.5 Å². The van der Waals surface area contributed by atoms with E-state index in [4.69, 9.17) is 0 Å². The Labute approximate surface area is 113 Å². The summed E-state index contributed by atoms with van der Waals surface area (Å²) in [6, 6.07) is 0. The molecule has 1 aromatic rings. The third-order valence-corrected chi connectivity index (χ3v) is 2.43. The summed E-state index contributed by atoms with van der Waals surface area (Å²) in [5.74, 6) is -1.25. The molecule has 0 atom stereocenters. The van der Waals surface area contributed by atoms with Gasteiger partial charge < -0.3 is 20.1 Å². The second kappa shape index (κ2) is 4.99.